The van der Waals surface area contributed by atoms with Crippen LogP contribution in [0.15, 0.2) is 42.5 Å². The number of hydrogen-bond donors (Lipinski definition) is 2. The van der Waals surface area contributed by atoms with Crippen LogP contribution in [0.4, 0.5) is 4.79 Å². The fourth-order valence-corrected chi connectivity index (χ4v) is 2.26. The maximum Gasteiger partial charge on any atom is 0.314 e. The van der Waals surface area contributed by atoms with Gasteiger partial charge in [-0.25, -0.2) is 4.79 Å². The molecule has 20 heavy (non-hydrogen) atoms. The number of hydrogen-bond acceptors (Lipinski definition) is 1. The van der Waals surface area contributed by atoms with Gasteiger partial charge in [-0.15, -0.1) is 0 Å². The summed E-state index contributed by atoms with van der Waals surface area (Å²) in [7, 11) is 0. The lowest BCUT2D eigenvalue weighted by Gasteiger charge is -2.09. The number of fused-ring (bicyclic) bond motifs is 1. The number of rotatable bonds is 6. The smallest absolute Gasteiger partial charge is 0.314 e. The molecule has 2 amide bonds. The molecule has 0 aliphatic carbocycles. The first-order valence-corrected chi connectivity index (χ1v) is 7.29. The molecule has 0 atom stereocenters. The van der Waals surface area contributed by atoms with E-state index in [-0.39, 0.29) is 6.03 Å². The van der Waals surface area contributed by atoms with Crippen molar-refractivity contribution in [2.75, 3.05) is 13.1 Å². The summed E-state index contributed by atoms with van der Waals surface area (Å²) in [6.45, 7) is 3.52. The zero-order chi connectivity index (χ0) is 14.2. The molecule has 0 fully saturated rings. The molecule has 0 spiro atoms. The molecule has 0 bridgehead atoms. The fourth-order valence-electron chi connectivity index (χ4n) is 2.26. The van der Waals surface area contributed by atoms with Gasteiger partial charge in [0, 0.05) is 13.1 Å². The van der Waals surface area contributed by atoms with Crippen LogP contribution in [0, 0.1) is 0 Å². The minimum absolute atomic E-state index is 0.0707. The second-order valence-electron chi connectivity index (χ2n) is 4.92. The molecule has 2 aromatic rings. The summed E-state index contributed by atoms with van der Waals surface area (Å²) in [5.41, 5.74) is 1.27. The van der Waals surface area contributed by atoms with Crippen molar-refractivity contribution in [3.63, 3.8) is 0 Å². The summed E-state index contributed by atoms with van der Waals surface area (Å²) in [5, 5.41) is 8.28. The number of unbranched alkanes of at least 4 members (excludes halogenated alkanes) is 1. The van der Waals surface area contributed by atoms with Crippen LogP contribution in [0.1, 0.15) is 25.3 Å². The minimum atomic E-state index is -0.0707. The summed E-state index contributed by atoms with van der Waals surface area (Å²) >= 11 is 0. The number of amides is 2. The Bertz CT molecular complexity index is 560. The van der Waals surface area contributed by atoms with E-state index in [2.05, 4.69) is 54.0 Å². The van der Waals surface area contributed by atoms with Gasteiger partial charge in [0.25, 0.3) is 0 Å². The van der Waals surface area contributed by atoms with Crippen LogP contribution < -0.4 is 10.6 Å². The second kappa shape index (κ2) is 7.53. The van der Waals surface area contributed by atoms with Crippen molar-refractivity contribution in [2.24, 2.45) is 0 Å². The van der Waals surface area contributed by atoms with E-state index in [1.807, 2.05) is 6.07 Å². The molecular formula is C17H22N2O. The van der Waals surface area contributed by atoms with Gasteiger partial charge in [-0.2, -0.15) is 0 Å². The van der Waals surface area contributed by atoms with Gasteiger partial charge in [-0.1, -0.05) is 55.8 Å². The molecule has 0 saturated carbocycles. The Labute approximate surface area is 120 Å². The monoisotopic (exact) mass is 270 g/mol. The van der Waals surface area contributed by atoms with E-state index in [1.54, 1.807) is 0 Å². The Morgan fingerprint density at radius 1 is 1.00 bits per heavy atom. The summed E-state index contributed by atoms with van der Waals surface area (Å²) in [4.78, 5) is 11.5. The maximum absolute atomic E-state index is 11.5. The zero-order valence-corrected chi connectivity index (χ0v) is 12.0. The van der Waals surface area contributed by atoms with Crippen molar-refractivity contribution in [1.82, 2.24) is 10.6 Å². The highest BCUT2D eigenvalue weighted by molar-refractivity contribution is 5.85. The van der Waals surface area contributed by atoms with Crippen LogP contribution in [-0.4, -0.2) is 19.1 Å². The number of carbonyl (C=O) groups is 1. The zero-order valence-electron chi connectivity index (χ0n) is 12.0. The molecule has 2 aromatic carbocycles. The third-order valence-corrected chi connectivity index (χ3v) is 3.38. The van der Waals surface area contributed by atoms with Crippen LogP contribution in [0.2, 0.25) is 0 Å². The fraction of sp³-hybridized carbons (Fsp3) is 0.353. The maximum atomic E-state index is 11.5. The van der Waals surface area contributed by atoms with Gasteiger partial charge >= 0.3 is 6.03 Å². The molecule has 0 aliphatic rings. The normalized spacial score (nSPS) is 10.4. The topological polar surface area (TPSA) is 41.1 Å². The van der Waals surface area contributed by atoms with Crippen molar-refractivity contribution in [3.8, 4) is 0 Å². The molecule has 0 heterocycles. The van der Waals surface area contributed by atoms with Gasteiger partial charge in [-0.05, 0) is 29.2 Å². The largest absolute Gasteiger partial charge is 0.338 e. The van der Waals surface area contributed by atoms with Crippen molar-refractivity contribution < 1.29 is 4.79 Å². The van der Waals surface area contributed by atoms with Crippen LogP contribution in [-0.2, 0) is 6.42 Å². The van der Waals surface area contributed by atoms with Crippen molar-refractivity contribution in [3.05, 3.63) is 48.0 Å². The molecular weight excluding hydrogens is 248 g/mol. The van der Waals surface area contributed by atoms with E-state index < -0.39 is 0 Å². The van der Waals surface area contributed by atoms with E-state index >= 15 is 0 Å². The van der Waals surface area contributed by atoms with Gasteiger partial charge in [0.1, 0.15) is 0 Å². The van der Waals surface area contributed by atoms with E-state index in [1.165, 1.54) is 16.3 Å². The molecule has 106 valence electrons. The third kappa shape index (κ3) is 3.98. The van der Waals surface area contributed by atoms with Crippen molar-refractivity contribution in [2.45, 2.75) is 26.2 Å². The second-order valence-corrected chi connectivity index (χ2v) is 4.92. The van der Waals surface area contributed by atoms with Crippen LogP contribution in [0.25, 0.3) is 10.8 Å². The molecule has 0 aromatic heterocycles. The lowest BCUT2D eigenvalue weighted by molar-refractivity contribution is 0.241. The first-order valence-electron chi connectivity index (χ1n) is 7.29. The number of nitrogens with one attached hydrogen (secondary N) is 2. The Kier molecular flexibility index (Phi) is 5.42. The van der Waals surface area contributed by atoms with Crippen LogP contribution in [0.3, 0.4) is 0 Å². The minimum Gasteiger partial charge on any atom is -0.338 e. The van der Waals surface area contributed by atoms with Gasteiger partial charge in [0.15, 0.2) is 0 Å². The Morgan fingerprint density at radius 3 is 2.60 bits per heavy atom. The molecule has 3 nitrogen and oxygen atoms in total. The summed E-state index contributed by atoms with van der Waals surface area (Å²) in [6.07, 6.45) is 2.97. The van der Waals surface area contributed by atoms with E-state index in [4.69, 9.17) is 0 Å². The molecule has 0 radical (unpaired) electrons. The molecule has 2 N–H and O–H groups in total. The Morgan fingerprint density at radius 2 is 1.75 bits per heavy atom. The molecule has 3 heteroatoms. The standard InChI is InChI=1S/C17H22N2O/c1-2-3-12-18-17(20)19-13-11-15-9-6-8-14-7-4-5-10-16(14)15/h4-10H,2-3,11-13H2,1H3,(H2,18,19,20). The predicted molar refractivity (Wildman–Crippen MR) is 84.0 cm³/mol. The van der Waals surface area contributed by atoms with Crippen LogP contribution in [0.5, 0.6) is 0 Å². The molecule has 0 unspecified atom stereocenters. The lowest BCUT2D eigenvalue weighted by Crippen LogP contribution is -2.37. The first kappa shape index (κ1) is 14.4. The van der Waals surface area contributed by atoms with Crippen LogP contribution >= 0.6 is 0 Å². The Balaban J connectivity index is 1.85. The highest BCUT2D eigenvalue weighted by atomic mass is 16.2. The van der Waals surface area contributed by atoms with Gasteiger partial charge < -0.3 is 10.6 Å². The molecule has 0 saturated heterocycles. The highest BCUT2D eigenvalue weighted by Crippen LogP contribution is 2.18. The van der Waals surface area contributed by atoms with Gasteiger partial charge in [0.05, 0.1) is 0 Å². The van der Waals surface area contributed by atoms with E-state index in [0.717, 1.165) is 25.8 Å². The number of benzene rings is 2. The quantitative estimate of drug-likeness (QED) is 0.775. The SMILES string of the molecule is CCCCNC(=O)NCCc1cccc2ccccc12. The number of urea groups is 1. The van der Waals surface area contributed by atoms with Crippen molar-refractivity contribution >= 4 is 16.8 Å². The third-order valence-electron chi connectivity index (χ3n) is 3.38. The highest BCUT2D eigenvalue weighted by Gasteiger charge is 2.02. The Hall–Kier alpha value is -2.03. The lowest BCUT2D eigenvalue weighted by atomic mass is 10.0. The summed E-state index contributed by atoms with van der Waals surface area (Å²) in [5.74, 6) is 0. The molecule has 2 rings (SSSR count). The summed E-state index contributed by atoms with van der Waals surface area (Å²) in [6, 6.07) is 14.6. The number of carbonyl (C=O) groups excluding carboxylic acids is 1. The predicted octanol–water partition coefficient (Wildman–Crippen LogP) is 3.48. The first-order chi connectivity index (χ1) is 9.81. The average Bonchev–Trinajstić information content (AvgIpc) is 2.48. The van der Waals surface area contributed by atoms with Gasteiger partial charge in [-0.3, -0.25) is 0 Å². The van der Waals surface area contributed by atoms with E-state index in [9.17, 15) is 4.79 Å². The van der Waals surface area contributed by atoms with Crippen molar-refractivity contribution in [1.29, 1.82) is 0 Å². The molecule has 0 aliphatic heterocycles. The average molecular weight is 270 g/mol. The summed E-state index contributed by atoms with van der Waals surface area (Å²) < 4.78 is 0. The van der Waals surface area contributed by atoms with Gasteiger partial charge in [0.2, 0.25) is 0 Å². The van der Waals surface area contributed by atoms with E-state index in [0.29, 0.717) is 6.54 Å².